The summed E-state index contributed by atoms with van der Waals surface area (Å²) in [4.78, 5) is 12.2. The number of nitrogens with one attached hydrogen (secondary N) is 1. The van der Waals surface area contributed by atoms with Crippen molar-refractivity contribution in [2.75, 3.05) is 26.4 Å². The third kappa shape index (κ3) is 8.12. The van der Waals surface area contributed by atoms with Crippen molar-refractivity contribution in [3.63, 3.8) is 0 Å². The van der Waals surface area contributed by atoms with Crippen LogP contribution in [0.4, 0.5) is 0 Å². The van der Waals surface area contributed by atoms with E-state index in [0.717, 1.165) is 0 Å². The molecule has 0 heterocycles. The zero-order valence-corrected chi connectivity index (χ0v) is 11.6. The fourth-order valence-corrected chi connectivity index (χ4v) is 2.66. The van der Waals surface area contributed by atoms with Crippen molar-refractivity contribution in [3.05, 3.63) is 0 Å². The van der Waals surface area contributed by atoms with Gasteiger partial charge in [-0.25, -0.2) is 13.1 Å². The Balaban J connectivity index is 4.47. The number of aliphatic carboxylic acids is 1. The van der Waals surface area contributed by atoms with Gasteiger partial charge < -0.3 is 10.0 Å². The van der Waals surface area contributed by atoms with Crippen LogP contribution in [0.1, 0.15) is 20.3 Å². The summed E-state index contributed by atoms with van der Waals surface area (Å²) in [5, 5.41) is 8.47. The summed E-state index contributed by atoms with van der Waals surface area (Å²) in [5.41, 5.74) is 0. The number of carboxylic acids is 1. The Labute approximate surface area is 103 Å². The minimum atomic E-state index is -3.52. The molecule has 0 amide bonds. The molecule has 0 spiro atoms. The van der Waals surface area contributed by atoms with Crippen LogP contribution in [0.25, 0.3) is 0 Å². The van der Waals surface area contributed by atoms with E-state index in [4.69, 9.17) is 5.11 Å². The van der Waals surface area contributed by atoms with Crippen LogP contribution in [0.15, 0.2) is 0 Å². The zero-order valence-electron chi connectivity index (χ0n) is 10.8. The van der Waals surface area contributed by atoms with Crippen LogP contribution in [0.5, 0.6) is 0 Å². The van der Waals surface area contributed by atoms with Gasteiger partial charge >= 0.3 is 5.97 Å². The first-order valence-corrected chi connectivity index (χ1v) is 7.16. The molecule has 0 aromatic rings. The van der Waals surface area contributed by atoms with Gasteiger partial charge in [-0.05, 0) is 20.0 Å². The number of hydrogen-bond acceptors (Lipinski definition) is 4. The number of sulfonamides is 1. The van der Waals surface area contributed by atoms with E-state index in [2.05, 4.69) is 4.72 Å². The van der Waals surface area contributed by atoms with Gasteiger partial charge in [0.1, 0.15) is 0 Å². The number of carboxylic acid groups (broad SMARTS) is 1. The molecule has 2 N–H and O–H groups in total. The lowest BCUT2D eigenvalue weighted by molar-refractivity contribution is -0.136. The van der Waals surface area contributed by atoms with Crippen LogP contribution in [0.3, 0.4) is 0 Å². The van der Waals surface area contributed by atoms with E-state index in [9.17, 15) is 13.2 Å². The summed E-state index contributed by atoms with van der Waals surface area (Å²) in [6, 6.07) is -0.205. The van der Waals surface area contributed by atoms with Crippen LogP contribution in [0, 0.1) is 5.92 Å². The van der Waals surface area contributed by atoms with Crippen molar-refractivity contribution < 1.29 is 18.3 Å². The third-order valence-corrected chi connectivity index (χ3v) is 3.69. The summed E-state index contributed by atoms with van der Waals surface area (Å²) in [5.74, 6) is -1.33. The van der Waals surface area contributed by atoms with Crippen LogP contribution in [-0.2, 0) is 14.8 Å². The lowest BCUT2D eigenvalue weighted by atomic mass is 10.1. The van der Waals surface area contributed by atoms with Crippen LogP contribution < -0.4 is 4.72 Å². The number of rotatable bonds is 8. The van der Waals surface area contributed by atoms with Crippen molar-refractivity contribution in [3.8, 4) is 0 Å². The predicted molar refractivity (Wildman–Crippen MR) is 66.4 cm³/mol. The molecule has 17 heavy (non-hydrogen) atoms. The second kappa shape index (κ2) is 6.93. The van der Waals surface area contributed by atoms with Gasteiger partial charge in [0.15, 0.2) is 0 Å². The molecule has 102 valence electrons. The summed E-state index contributed by atoms with van der Waals surface area (Å²) in [6.45, 7) is 4.44. The van der Waals surface area contributed by atoms with E-state index in [-0.39, 0.29) is 24.1 Å². The van der Waals surface area contributed by atoms with Gasteiger partial charge in [-0.1, -0.05) is 13.8 Å². The maximum atomic E-state index is 11.6. The molecule has 0 aromatic heterocycles. The molecule has 0 fully saturated rings. The molecule has 0 aliphatic heterocycles. The van der Waals surface area contributed by atoms with E-state index < -0.39 is 16.0 Å². The van der Waals surface area contributed by atoms with Crippen molar-refractivity contribution in [2.24, 2.45) is 5.92 Å². The Kier molecular flexibility index (Phi) is 6.66. The average molecular weight is 266 g/mol. The molecular weight excluding hydrogens is 244 g/mol. The topological polar surface area (TPSA) is 86.7 Å². The molecular formula is C10H22N2O4S. The van der Waals surface area contributed by atoms with Crippen molar-refractivity contribution >= 4 is 16.0 Å². The maximum absolute atomic E-state index is 11.6. The molecule has 0 aromatic carbocycles. The average Bonchev–Trinajstić information content (AvgIpc) is 2.12. The number of hydrogen-bond donors (Lipinski definition) is 2. The van der Waals surface area contributed by atoms with Gasteiger partial charge in [0.05, 0.1) is 12.2 Å². The van der Waals surface area contributed by atoms with Crippen LogP contribution >= 0.6 is 0 Å². The standard InChI is InChI=1S/C10H22N2O4S/c1-8(2)9(7-12(3)4)11-17(15,16)6-5-10(13)14/h8-9,11H,5-7H2,1-4H3,(H,13,14). The second-order valence-electron chi connectivity index (χ2n) is 4.69. The summed E-state index contributed by atoms with van der Waals surface area (Å²) < 4.78 is 25.8. The molecule has 0 aliphatic rings. The SMILES string of the molecule is CC(C)C(CN(C)C)NS(=O)(=O)CCC(=O)O. The molecule has 7 heteroatoms. The maximum Gasteiger partial charge on any atom is 0.304 e. The first kappa shape index (κ1) is 16.3. The van der Waals surface area contributed by atoms with Crippen molar-refractivity contribution in [1.82, 2.24) is 9.62 Å². The highest BCUT2D eigenvalue weighted by molar-refractivity contribution is 7.89. The molecule has 1 unspecified atom stereocenters. The Morgan fingerprint density at radius 3 is 2.24 bits per heavy atom. The molecule has 0 bridgehead atoms. The van der Waals surface area contributed by atoms with E-state index in [1.165, 1.54) is 0 Å². The van der Waals surface area contributed by atoms with E-state index >= 15 is 0 Å². The van der Waals surface area contributed by atoms with Crippen molar-refractivity contribution in [2.45, 2.75) is 26.3 Å². The van der Waals surface area contributed by atoms with Gasteiger partial charge in [0.2, 0.25) is 10.0 Å². The van der Waals surface area contributed by atoms with Gasteiger partial charge in [0.25, 0.3) is 0 Å². The highest BCUT2D eigenvalue weighted by Gasteiger charge is 2.21. The lowest BCUT2D eigenvalue weighted by Crippen LogP contribution is -2.45. The van der Waals surface area contributed by atoms with Gasteiger partial charge in [0, 0.05) is 12.6 Å². The largest absolute Gasteiger partial charge is 0.481 e. The lowest BCUT2D eigenvalue weighted by Gasteiger charge is -2.25. The van der Waals surface area contributed by atoms with E-state index in [0.29, 0.717) is 6.54 Å². The molecule has 0 saturated heterocycles. The first-order chi connectivity index (χ1) is 7.64. The molecule has 0 radical (unpaired) electrons. The molecule has 0 saturated carbocycles. The van der Waals surface area contributed by atoms with Gasteiger partial charge in [-0.15, -0.1) is 0 Å². The molecule has 1 atom stereocenters. The summed E-state index contributed by atoms with van der Waals surface area (Å²) >= 11 is 0. The zero-order chi connectivity index (χ0) is 13.6. The van der Waals surface area contributed by atoms with E-state index in [1.54, 1.807) is 0 Å². The minimum absolute atomic E-state index is 0.150. The number of nitrogens with zero attached hydrogens (tertiary/aromatic N) is 1. The third-order valence-electron chi connectivity index (χ3n) is 2.28. The molecule has 0 aliphatic carbocycles. The second-order valence-corrected chi connectivity index (χ2v) is 6.57. The van der Waals surface area contributed by atoms with Crippen LogP contribution in [0.2, 0.25) is 0 Å². The quantitative estimate of drug-likeness (QED) is 0.644. The fraction of sp³-hybridized carbons (Fsp3) is 0.900. The summed E-state index contributed by atoms with van der Waals surface area (Å²) in [6.07, 6.45) is -0.373. The van der Waals surface area contributed by atoms with E-state index in [1.807, 2.05) is 32.8 Å². The smallest absolute Gasteiger partial charge is 0.304 e. The first-order valence-electron chi connectivity index (χ1n) is 5.50. The normalized spacial score (nSPS) is 14.2. The Bertz CT molecular complexity index is 338. The Hall–Kier alpha value is -0.660. The predicted octanol–water partition coefficient (Wildman–Crippen LogP) is -0.0333. The van der Waals surface area contributed by atoms with Crippen LogP contribution in [-0.4, -0.2) is 56.8 Å². The van der Waals surface area contributed by atoms with Gasteiger partial charge in [-0.2, -0.15) is 0 Å². The monoisotopic (exact) mass is 266 g/mol. The number of likely N-dealkylation sites (N-methyl/N-ethyl adjacent to an activating group) is 1. The minimum Gasteiger partial charge on any atom is -0.481 e. The summed E-state index contributed by atoms with van der Waals surface area (Å²) in [7, 11) is 0.200. The highest BCUT2D eigenvalue weighted by Crippen LogP contribution is 2.05. The molecule has 6 nitrogen and oxygen atoms in total. The molecule has 0 rings (SSSR count). The van der Waals surface area contributed by atoms with Crippen molar-refractivity contribution in [1.29, 1.82) is 0 Å². The fourth-order valence-electron chi connectivity index (χ4n) is 1.29. The Morgan fingerprint density at radius 2 is 1.88 bits per heavy atom. The highest BCUT2D eigenvalue weighted by atomic mass is 32.2. The Morgan fingerprint density at radius 1 is 1.35 bits per heavy atom. The number of carbonyl (C=O) groups is 1. The van der Waals surface area contributed by atoms with Gasteiger partial charge in [-0.3, -0.25) is 4.79 Å².